The Balaban J connectivity index is 1.77. The van der Waals surface area contributed by atoms with Crippen LogP contribution in [0.1, 0.15) is 35.9 Å². The van der Waals surface area contributed by atoms with Gasteiger partial charge in [0.1, 0.15) is 11.6 Å². The molecule has 5 nitrogen and oxygen atoms in total. The predicted octanol–water partition coefficient (Wildman–Crippen LogP) is 2.76. The van der Waals surface area contributed by atoms with Crippen molar-refractivity contribution in [3.05, 3.63) is 41.4 Å². The molecule has 1 aliphatic heterocycles. The quantitative estimate of drug-likeness (QED) is 0.927. The Morgan fingerprint density at radius 1 is 1.45 bits per heavy atom. The molecule has 3 heterocycles. The fourth-order valence-electron chi connectivity index (χ4n) is 2.88. The van der Waals surface area contributed by atoms with Crippen LogP contribution < -0.4 is 5.32 Å². The van der Waals surface area contributed by atoms with Gasteiger partial charge in [-0.2, -0.15) is 0 Å². The summed E-state index contributed by atoms with van der Waals surface area (Å²) >= 11 is 0. The molecule has 0 aromatic carbocycles. The molecule has 1 aliphatic rings. The summed E-state index contributed by atoms with van der Waals surface area (Å²) in [5.74, 6) is 1.80. The molecule has 2 aromatic heterocycles. The Kier molecular flexibility index (Phi) is 3.69. The van der Waals surface area contributed by atoms with E-state index in [1.807, 2.05) is 26.2 Å². The molecule has 1 fully saturated rings. The van der Waals surface area contributed by atoms with E-state index in [1.165, 1.54) is 18.4 Å². The van der Waals surface area contributed by atoms with Crippen molar-refractivity contribution in [2.24, 2.45) is 0 Å². The summed E-state index contributed by atoms with van der Waals surface area (Å²) in [6, 6.07) is 6.71. The lowest BCUT2D eigenvalue weighted by atomic mass is 10.1. The van der Waals surface area contributed by atoms with E-state index in [2.05, 4.69) is 32.5 Å². The second-order valence-corrected chi connectivity index (χ2v) is 5.28. The van der Waals surface area contributed by atoms with Gasteiger partial charge in [-0.25, -0.2) is 4.98 Å². The zero-order valence-electron chi connectivity index (χ0n) is 12.0. The highest BCUT2D eigenvalue weighted by molar-refractivity contribution is 5.38. The summed E-state index contributed by atoms with van der Waals surface area (Å²) < 4.78 is 5.16. The van der Waals surface area contributed by atoms with Crippen LogP contribution in [0.2, 0.25) is 0 Å². The van der Waals surface area contributed by atoms with Crippen molar-refractivity contribution >= 4 is 5.82 Å². The van der Waals surface area contributed by atoms with Gasteiger partial charge < -0.3 is 9.84 Å². The summed E-state index contributed by atoms with van der Waals surface area (Å²) in [5, 5.41) is 7.20. The molecule has 1 atom stereocenters. The third-order valence-electron chi connectivity index (χ3n) is 3.83. The maximum Gasteiger partial charge on any atom is 0.133 e. The number of nitrogens with zero attached hydrogens (tertiary/aromatic N) is 3. The van der Waals surface area contributed by atoms with Crippen molar-refractivity contribution in [3.8, 4) is 0 Å². The van der Waals surface area contributed by atoms with Gasteiger partial charge in [0.05, 0.1) is 5.69 Å². The van der Waals surface area contributed by atoms with Gasteiger partial charge in [0.2, 0.25) is 0 Å². The lowest BCUT2D eigenvalue weighted by Gasteiger charge is -2.24. The van der Waals surface area contributed by atoms with E-state index in [-0.39, 0.29) is 0 Å². The number of rotatable bonds is 4. The summed E-state index contributed by atoms with van der Waals surface area (Å²) in [5.41, 5.74) is 2.33. The van der Waals surface area contributed by atoms with Crippen molar-refractivity contribution in [2.75, 3.05) is 18.9 Å². The van der Waals surface area contributed by atoms with Crippen LogP contribution in [0.4, 0.5) is 5.82 Å². The van der Waals surface area contributed by atoms with Crippen LogP contribution in [0, 0.1) is 6.92 Å². The second-order valence-electron chi connectivity index (χ2n) is 5.28. The molecule has 0 aliphatic carbocycles. The van der Waals surface area contributed by atoms with Crippen molar-refractivity contribution in [2.45, 2.75) is 32.4 Å². The Hall–Kier alpha value is -1.88. The number of hydrogen-bond donors (Lipinski definition) is 1. The highest BCUT2D eigenvalue weighted by Gasteiger charge is 2.26. The zero-order chi connectivity index (χ0) is 13.9. The number of anilines is 1. The normalized spacial score (nSPS) is 19.4. The maximum atomic E-state index is 5.16. The molecule has 1 saturated heterocycles. The summed E-state index contributed by atoms with van der Waals surface area (Å²) in [6.45, 7) is 3.88. The molecular weight excluding hydrogens is 252 g/mol. The zero-order valence-corrected chi connectivity index (χ0v) is 12.0. The topological polar surface area (TPSA) is 54.2 Å². The second kappa shape index (κ2) is 5.63. The molecule has 0 saturated carbocycles. The minimum Gasteiger partial charge on any atom is -0.373 e. The van der Waals surface area contributed by atoms with E-state index < -0.39 is 0 Å². The van der Waals surface area contributed by atoms with Crippen molar-refractivity contribution < 1.29 is 4.52 Å². The van der Waals surface area contributed by atoms with Gasteiger partial charge in [0, 0.05) is 31.9 Å². The number of nitrogens with one attached hydrogen (secondary N) is 1. The van der Waals surface area contributed by atoms with Crippen LogP contribution in [-0.4, -0.2) is 28.6 Å². The predicted molar refractivity (Wildman–Crippen MR) is 77.4 cm³/mol. The largest absolute Gasteiger partial charge is 0.373 e. The molecule has 0 radical (unpaired) electrons. The molecule has 0 amide bonds. The third kappa shape index (κ3) is 2.67. The first-order chi connectivity index (χ1) is 9.76. The Morgan fingerprint density at radius 2 is 2.35 bits per heavy atom. The van der Waals surface area contributed by atoms with Crippen LogP contribution in [0.25, 0.3) is 0 Å². The van der Waals surface area contributed by atoms with Crippen molar-refractivity contribution in [3.63, 3.8) is 0 Å². The summed E-state index contributed by atoms with van der Waals surface area (Å²) in [7, 11) is 1.90. The third-order valence-corrected chi connectivity index (χ3v) is 3.83. The van der Waals surface area contributed by atoms with Gasteiger partial charge in [-0.1, -0.05) is 5.16 Å². The number of aromatic nitrogens is 2. The summed E-state index contributed by atoms with van der Waals surface area (Å²) in [6.07, 6.45) is 4.28. The molecular formula is C15H20N4O. The molecule has 20 heavy (non-hydrogen) atoms. The van der Waals surface area contributed by atoms with E-state index in [4.69, 9.17) is 4.52 Å². The minimum atomic E-state index is 0.446. The first-order valence-corrected chi connectivity index (χ1v) is 7.06. The number of likely N-dealkylation sites (tertiary alicyclic amines) is 1. The van der Waals surface area contributed by atoms with Crippen molar-refractivity contribution in [1.29, 1.82) is 0 Å². The molecule has 2 aromatic rings. The van der Waals surface area contributed by atoms with Gasteiger partial charge in [-0.3, -0.25) is 4.90 Å². The average Bonchev–Trinajstić information content (AvgIpc) is 3.08. The van der Waals surface area contributed by atoms with Gasteiger partial charge in [0.25, 0.3) is 0 Å². The van der Waals surface area contributed by atoms with Gasteiger partial charge in [-0.05, 0) is 44.0 Å². The Bertz CT molecular complexity index is 581. The van der Waals surface area contributed by atoms with E-state index in [0.29, 0.717) is 6.04 Å². The molecule has 0 spiro atoms. The molecule has 5 heteroatoms. The number of pyridine rings is 1. The Morgan fingerprint density at radius 3 is 3.10 bits per heavy atom. The van der Waals surface area contributed by atoms with Gasteiger partial charge in [-0.15, -0.1) is 0 Å². The SMILES string of the molecule is CNc1cc([C@@H]2CCCN2Cc2cc(C)on2)ccn1. The molecule has 3 rings (SSSR count). The molecule has 0 bridgehead atoms. The lowest BCUT2D eigenvalue weighted by molar-refractivity contribution is 0.240. The monoisotopic (exact) mass is 272 g/mol. The van der Waals surface area contributed by atoms with E-state index in [9.17, 15) is 0 Å². The van der Waals surface area contributed by atoms with Gasteiger partial charge >= 0.3 is 0 Å². The average molecular weight is 272 g/mol. The lowest BCUT2D eigenvalue weighted by Crippen LogP contribution is -2.23. The molecule has 106 valence electrons. The number of aryl methyl sites for hydroxylation is 1. The highest BCUT2D eigenvalue weighted by Crippen LogP contribution is 2.33. The molecule has 1 N–H and O–H groups in total. The van der Waals surface area contributed by atoms with Crippen LogP contribution >= 0.6 is 0 Å². The van der Waals surface area contributed by atoms with E-state index in [0.717, 1.165) is 30.4 Å². The fraction of sp³-hybridized carbons (Fsp3) is 0.467. The molecule has 0 unspecified atom stereocenters. The Labute approximate surface area is 119 Å². The minimum absolute atomic E-state index is 0.446. The van der Waals surface area contributed by atoms with E-state index in [1.54, 1.807) is 0 Å². The summed E-state index contributed by atoms with van der Waals surface area (Å²) in [4.78, 5) is 6.75. The van der Waals surface area contributed by atoms with Crippen LogP contribution in [0.5, 0.6) is 0 Å². The van der Waals surface area contributed by atoms with Crippen LogP contribution in [0.3, 0.4) is 0 Å². The number of hydrogen-bond acceptors (Lipinski definition) is 5. The maximum absolute atomic E-state index is 5.16. The van der Waals surface area contributed by atoms with Crippen LogP contribution in [0.15, 0.2) is 28.9 Å². The van der Waals surface area contributed by atoms with Gasteiger partial charge in [0.15, 0.2) is 0 Å². The van der Waals surface area contributed by atoms with Crippen LogP contribution in [-0.2, 0) is 6.54 Å². The standard InChI is InChI=1S/C15H20N4O/c1-11-8-13(18-20-11)10-19-7-3-4-14(19)12-5-6-17-15(9-12)16-2/h5-6,8-9,14H,3-4,7,10H2,1-2H3,(H,16,17)/t14-/m0/s1. The fourth-order valence-corrected chi connectivity index (χ4v) is 2.88. The smallest absolute Gasteiger partial charge is 0.133 e. The van der Waals surface area contributed by atoms with E-state index >= 15 is 0 Å². The first kappa shape index (κ1) is 13.1. The highest BCUT2D eigenvalue weighted by atomic mass is 16.5. The van der Waals surface area contributed by atoms with Crippen molar-refractivity contribution in [1.82, 2.24) is 15.0 Å². The first-order valence-electron chi connectivity index (χ1n) is 7.06.